The molecule has 0 N–H and O–H groups in total. The summed E-state index contributed by atoms with van der Waals surface area (Å²) in [7, 11) is 0. The number of hydrogen-bond acceptors (Lipinski definition) is 0. The van der Waals surface area contributed by atoms with Crippen molar-refractivity contribution in [2.24, 2.45) is 5.92 Å². The second-order valence-corrected chi connectivity index (χ2v) is 4.23. The van der Waals surface area contributed by atoms with E-state index in [2.05, 4.69) is 0 Å². The van der Waals surface area contributed by atoms with Crippen molar-refractivity contribution in [3.8, 4) is 0 Å². The molecular weight excluding hydrogens is 260 g/mol. The molecule has 0 bridgehead atoms. The summed E-state index contributed by atoms with van der Waals surface area (Å²) in [6, 6.07) is 0. The van der Waals surface area contributed by atoms with Gasteiger partial charge in [-0.05, 0) is 5.92 Å². The van der Waals surface area contributed by atoms with Crippen LogP contribution in [0.1, 0.15) is 32.1 Å². The Bertz CT molecular complexity index is 206. The maximum atomic E-state index is 12.2. The summed E-state index contributed by atoms with van der Waals surface area (Å²) in [5.74, 6) is -1.95. The van der Waals surface area contributed by atoms with Gasteiger partial charge in [0.1, 0.15) is 0 Å². The van der Waals surface area contributed by atoms with E-state index in [0.717, 1.165) is 0 Å². The Labute approximate surface area is 133 Å². The quantitative estimate of drug-likeness (QED) is 0.526. The molecule has 1 rings (SSSR count). The van der Waals surface area contributed by atoms with Crippen molar-refractivity contribution in [3.05, 3.63) is 0 Å². The molecule has 8 heteroatoms. The average Bonchev–Trinajstić information content (AvgIpc) is 2.00. The third-order valence-electron chi connectivity index (χ3n) is 2.95. The van der Waals surface area contributed by atoms with Gasteiger partial charge in [0.2, 0.25) is 0 Å². The maximum absolute atomic E-state index is 12.2. The van der Waals surface area contributed by atoms with Crippen LogP contribution in [0.4, 0.5) is 26.1 Å². The van der Waals surface area contributed by atoms with E-state index >= 15 is 0 Å². The van der Waals surface area contributed by atoms with Gasteiger partial charge >= 0.3 is 64.5 Å². The Kier molecular flexibility index (Phi) is 6.97. The van der Waals surface area contributed by atoms with Gasteiger partial charge in [0.15, 0.2) is 0 Å². The summed E-state index contributed by atoms with van der Waals surface area (Å²) in [6.07, 6.45) is -5.36. The van der Waals surface area contributed by atoms with E-state index in [0.29, 0.717) is 0 Å². The molecule has 0 aromatic carbocycles. The SMILES string of the molecule is F[B-](F)(F)C1CCC(CC(F)(F)F)CC1.[K+]. The number of hydrogen-bond donors (Lipinski definition) is 0. The predicted octanol–water partition coefficient (Wildman–Crippen LogP) is 1.35. The van der Waals surface area contributed by atoms with Crippen molar-refractivity contribution in [3.63, 3.8) is 0 Å². The Morgan fingerprint density at radius 3 is 1.69 bits per heavy atom. The molecule has 0 heterocycles. The van der Waals surface area contributed by atoms with Crippen LogP contribution in [-0.4, -0.2) is 13.2 Å². The number of alkyl halides is 3. The van der Waals surface area contributed by atoms with Gasteiger partial charge in [0.05, 0.1) is 0 Å². The van der Waals surface area contributed by atoms with Gasteiger partial charge in [0, 0.05) is 6.42 Å². The largest absolute Gasteiger partial charge is 1.00 e. The molecule has 16 heavy (non-hydrogen) atoms. The summed E-state index contributed by atoms with van der Waals surface area (Å²) in [5.41, 5.74) is 0. The molecule has 0 aromatic rings. The van der Waals surface area contributed by atoms with Crippen LogP contribution in [0, 0.1) is 5.92 Å². The smallest absolute Gasteiger partial charge is 0.449 e. The molecule has 0 radical (unpaired) electrons. The van der Waals surface area contributed by atoms with E-state index in [-0.39, 0.29) is 77.1 Å². The van der Waals surface area contributed by atoms with E-state index in [1.54, 1.807) is 0 Å². The molecule has 0 unspecified atom stereocenters. The molecule has 0 spiro atoms. The number of rotatable bonds is 2. The molecular formula is C8H12BF6K. The van der Waals surface area contributed by atoms with Crippen molar-refractivity contribution in [1.29, 1.82) is 0 Å². The molecule has 1 aliphatic carbocycles. The van der Waals surface area contributed by atoms with Crippen LogP contribution in [-0.2, 0) is 0 Å². The second-order valence-electron chi connectivity index (χ2n) is 4.23. The molecule has 1 fully saturated rings. The molecule has 0 aromatic heterocycles. The van der Waals surface area contributed by atoms with Gasteiger partial charge in [0.25, 0.3) is 0 Å². The van der Waals surface area contributed by atoms with Crippen LogP contribution >= 0.6 is 0 Å². The first-order chi connectivity index (χ1) is 6.68. The van der Waals surface area contributed by atoms with Crippen molar-refractivity contribution >= 4 is 6.98 Å². The fourth-order valence-electron chi connectivity index (χ4n) is 2.10. The minimum Gasteiger partial charge on any atom is -0.449 e. The third-order valence-corrected chi connectivity index (χ3v) is 2.95. The van der Waals surface area contributed by atoms with Gasteiger partial charge in [-0.2, -0.15) is 13.2 Å². The van der Waals surface area contributed by atoms with E-state index in [1.807, 2.05) is 0 Å². The summed E-state index contributed by atoms with van der Waals surface area (Å²) in [5, 5.41) is 0. The van der Waals surface area contributed by atoms with Crippen LogP contribution in [0.2, 0.25) is 5.82 Å². The molecule has 0 atom stereocenters. The van der Waals surface area contributed by atoms with Crippen LogP contribution in [0.5, 0.6) is 0 Å². The van der Waals surface area contributed by atoms with Crippen molar-refractivity contribution in [1.82, 2.24) is 0 Å². The van der Waals surface area contributed by atoms with E-state index in [1.165, 1.54) is 0 Å². The molecule has 0 amide bonds. The molecule has 90 valence electrons. The zero-order valence-corrected chi connectivity index (χ0v) is 12.2. The Hall–Kier alpha value is 1.28. The fourth-order valence-corrected chi connectivity index (χ4v) is 2.10. The van der Waals surface area contributed by atoms with E-state index in [4.69, 9.17) is 0 Å². The Morgan fingerprint density at radius 1 is 0.938 bits per heavy atom. The zero-order valence-electron chi connectivity index (χ0n) is 9.04. The summed E-state index contributed by atoms with van der Waals surface area (Å²) in [6.45, 7) is -4.87. The van der Waals surface area contributed by atoms with Crippen molar-refractivity contribution < 1.29 is 77.5 Å². The Morgan fingerprint density at radius 2 is 1.38 bits per heavy atom. The third kappa shape index (κ3) is 6.28. The van der Waals surface area contributed by atoms with Crippen LogP contribution in [0.3, 0.4) is 0 Å². The first kappa shape index (κ1) is 17.3. The normalized spacial score (nSPS) is 27.4. The van der Waals surface area contributed by atoms with E-state index in [9.17, 15) is 26.1 Å². The number of halogens is 6. The van der Waals surface area contributed by atoms with Gasteiger partial charge in [-0.15, -0.1) is 0 Å². The second kappa shape index (κ2) is 6.45. The summed E-state index contributed by atoms with van der Waals surface area (Å²) >= 11 is 0. The first-order valence-corrected chi connectivity index (χ1v) is 4.95. The van der Waals surface area contributed by atoms with Crippen molar-refractivity contribution in [2.45, 2.75) is 44.1 Å². The zero-order chi connectivity index (χ0) is 11.7. The standard InChI is InChI=1S/C8H12BF6.K/c10-8(11,12)5-6-1-3-7(4-2-6)9(13,14)15;/h6-7H,1-5H2;/q-1;+1. The monoisotopic (exact) mass is 272 g/mol. The predicted molar refractivity (Wildman–Crippen MR) is 45.5 cm³/mol. The first-order valence-electron chi connectivity index (χ1n) is 4.95. The van der Waals surface area contributed by atoms with Crippen LogP contribution in [0.25, 0.3) is 0 Å². The molecule has 0 aliphatic heterocycles. The minimum absolute atomic E-state index is 0. The van der Waals surface area contributed by atoms with Gasteiger partial charge < -0.3 is 12.9 Å². The molecule has 0 saturated heterocycles. The van der Waals surface area contributed by atoms with Gasteiger partial charge in [-0.1, -0.05) is 31.5 Å². The van der Waals surface area contributed by atoms with Gasteiger partial charge in [-0.25, -0.2) is 0 Å². The topological polar surface area (TPSA) is 0 Å². The Balaban J connectivity index is 0.00000225. The molecule has 1 aliphatic rings. The van der Waals surface area contributed by atoms with E-state index < -0.39 is 31.3 Å². The maximum Gasteiger partial charge on any atom is 1.00 e. The molecule has 1 saturated carbocycles. The fraction of sp³-hybridized carbons (Fsp3) is 1.00. The van der Waals surface area contributed by atoms with Crippen molar-refractivity contribution in [2.75, 3.05) is 0 Å². The van der Waals surface area contributed by atoms with Gasteiger partial charge in [-0.3, -0.25) is 0 Å². The minimum atomic E-state index is -4.87. The summed E-state index contributed by atoms with van der Waals surface area (Å²) < 4.78 is 72.6. The average molecular weight is 272 g/mol. The van der Waals surface area contributed by atoms with Crippen LogP contribution < -0.4 is 51.4 Å². The van der Waals surface area contributed by atoms with Crippen LogP contribution in [0.15, 0.2) is 0 Å². The summed E-state index contributed by atoms with van der Waals surface area (Å²) in [4.78, 5) is 0. The molecule has 0 nitrogen and oxygen atoms in total.